The summed E-state index contributed by atoms with van der Waals surface area (Å²) in [6.07, 6.45) is 7.42. The molecule has 1 aliphatic heterocycles. The van der Waals surface area contributed by atoms with E-state index in [1.54, 1.807) is 30.5 Å². The van der Waals surface area contributed by atoms with E-state index in [-0.39, 0.29) is 12.5 Å². The Hall–Kier alpha value is -3.61. The molecule has 0 bridgehead atoms. The van der Waals surface area contributed by atoms with Crippen LogP contribution in [0, 0.1) is 0 Å². The minimum Gasteiger partial charge on any atom is -0.488 e. The molecule has 1 saturated heterocycles. The van der Waals surface area contributed by atoms with Crippen molar-refractivity contribution in [2.24, 2.45) is 5.73 Å². The molecule has 2 amide bonds. The third kappa shape index (κ3) is 4.35. The van der Waals surface area contributed by atoms with Crippen LogP contribution in [0.1, 0.15) is 45.2 Å². The molecular formula is C23H24N4O3. The maximum absolute atomic E-state index is 13.0. The quantitative estimate of drug-likeness (QED) is 0.684. The summed E-state index contributed by atoms with van der Waals surface area (Å²) in [5.41, 5.74) is 7.23. The van der Waals surface area contributed by atoms with Crippen LogP contribution in [0.25, 0.3) is 0 Å². The van der Waals surface area contributed by atoms with E-state index in [1.807, 2.05) is 41.7 Å². The summed E-state index contributed by atoms with van der Waals surface area (Å²) in [4.78, 5) is 30.5. The number of benzene rings is 2. The molecule has 1 fully saturated rings. The number of amides is 2. The van der Waals surface area contributed by atoms with Crippen LogP contribution in [-0.4, -0.2) is 39.4 Å². The first-order valence-corrected chi connectivity index (χ1v) is 9.99. The molecule has 3 aromatic rings. The van der Waals surface area contributed by atoms with E-state index in [9.17, 15) is 9.59 Å². The number of likely N-dealkylation sites (tertiary alicyclic amines) is 1. The van der Waals surface area contributed by atoms with Crippen LogP contribution in [0.3, 0.4) is 0 Å². The molecule has 30 heavy (non-hydrogen) atoms. The smallest absolute Gasteiger partial charge is 0.253 e. The summed E-state index contributed by atoms with van der Waals surface area (Å²) in [7, 11) is 0. The zero-order valence-electron chi connectivity index (χ0n) is 16.6. The minimum atomic E-state index is -0.534. The molecule has 0 radical (unpaired) electrons. The lowest BCUT2D eigenvalue weighted by Crippen LogP contribution is -2.38. The number of carbonyl (C=O) groups is 2. The third-order valence-corrected chi connectivity index (χ3v) is 5.42. The summed E-state index contributed by atoms with van der Waals surface area (Å²) >= 11 is 0. The molecule has 0 saturated carbocycles. The molecule has 0 unspecified atom stereocenters. The Morgan fingerprint density at radius 2 is 1.90 bits per heavy atom. The number of para-hydroxylation sites is 1. The molecule has 7 nitrogen and oxygen atoms in total. The number of nitrogens with two attached hydrogens (primary N) is 1. The Kier molecular flexibility index (Phi) is 5.79. The van der Waals surface area contributed by atoms with Crippen LogP contribution in [0.4, 0.5) is 0 Å². The zero-order valence-corrected chi connectivity index (χ0v) is 16.6. The number of carbonyl (C=O) groups excluding carboxylic acids is 2. The summed E-state index contributed by atoms with van der Waals surface area (Å²) in [6, 6.07) is 14.7. The zero-order chi connectivity index (χ0) is 20.9. The molecule has 4 rings (SSSR count). The summed E-state index contributed by atoms with van der Waals surface area (Å²) in [5, 5.41) is 0. The molecule has 2 heterocycles. The highest BCUT2D eigenvalue weighted by molar-refractivity contribution is 5.95. The fourth-order valence-corrected chi connectivity index (χ4v) is 3.79. The van der Waals surface area contributed by atoms with Crippen molar-refractivity contribution in [1.29, 1.82) is 0 Å². The topological polar surface area (TPSA) is 90.5 Å². The van der Waals surface area contributed by atoms with Gasteiger partial charge in [-0.25, -0.2) is 4.98 Å². The molecule has 2 aromatic carbocycles. The van der Waals surface area contributed by atoms with Gasteiger partial charge in [0.25, 0.3) is 11.8 Å². The lowest BCUT2D eigenvalue weighted by Gasteiger charge is -2.32. The highest BCUT2D eigenvalue weighted by Gasteiger charge is 2.24. The molecule has 0 aliphatic carbocycles. The Bertz CT molecular complexity index is 1020. The summed E-state index contributed by atoms with van der Waals surface area (Å²) < 4.78 is 7.90. The first kappa shape index (κ1) is 19.7. The second kappa shape index (κ2) is 8.82. The maximum atomic E-state index is 13.0. The van der Waals surface area contributed by atoms with Crippen molar-refractivity contribution in [2.45, 2.75) is 25.5 Å². The van der Waals surface area contributed by atoms with Gasteiger partial charge in [0.15, 0.2) is 0 Å². The SMILES string of the molecule is NC(=O)c1ccccc1OCc1cccc(C(=O)N2CCC(n3ccnc3)CC2)c1. The van der Waals surface area contributed by atoms with E-state index in [2.05, 4.69) is 9.55 Å². The van der Waals surface area contributed by atoms with E-state index in [0.717, 1.165) is 18.4 Å². The summed E-state index contributed by atoms with van der Waals surface area (Å²) in [5.74, 6) is -0.0737. The number of ether oxygens (including phenoxy) is 1. The standard InChI is InChI=1S/C23H24N4O3/c24-22(28)20-6-1-2-7-21(20)30-15-17-4-3-5-18(14-17)23(29)26-11-8-19(9-12-26)27-13-10-25-16-27/h1-7,10,13-14,16,19H,8-9,11-12,15H2,(H2,24,28). The van der Waals surface area contributed by atoms with Crippen molar-refractivity contribution in [2.75, 3.05) is 13.1 Å². The number of nitrogens with zero attached hydrogens (tertiary/aromatic N) is 3. The number of piperidine rings is 1. The van der Waals surface area contributed by atoms with Gasteiger partial charge in [0.1, 0.15) is 12.4 Å². The third-order valence-electron chi connectivity index (χ3n) is 5.42. The maximum Gasteiger partial charge on any atom is 0.253 e. The average Bonchev–Trinajstić information content (AvgIpc) is 3.33. The van der Waals surface area contributed by atoms with Crippen molar-refractivity contribution in [1.82, 2.24) is 14.5 Å². The van der Waals surface area contributed by atoms with Gasteiger partial charge in [-0.2, -0.15) is 0 Å². The van der Waals surface area contributed by atoms with E-state index in [4.69, 9.17) is 10.5 Å². The predicted molar refractivity (Wildman–Crippen MR) is 112 cm³/mol. The van der Waals surface area contributed by atoms with Gasteiger partial charge >= 0.3 is 0 Å². The lowest BCUT2D eigenvalue weighted by atomic mass is 10.0. The highest BCUT2D eigenvalue weighted by Crippen LogP contribution is 2.24. The first-order valence-electron chi connectivity index (χ1n) is 9.99. The van der Waals surface area contributed by atoms with Crippen molar-refractivity contribution >= 4 is 11.8 Å². The average molecular weight is 404 g/mol. The van der Waals surface area contributed by atoms with Crippen LogP contribution in [0.2, 0.25) is 0 Å². The van der Waals surface area contributed by atoms with Gasteiger partial charge in [-0.3, -0.25) is 9.59 Å². The van der Waals surface area contributed by atoms with Gasteiger partial charge in [-0.15, -0.1) is 0 Å². The van der Waals surface area contributed by atoms with E-state index < -0.39 is 5.91 Å². The fourth-order valence-electron chi connectivity index (χ4n) is 3.79. The Balaban J connectivity index is 1.39. The van der Waals surface area contributed by atoms with E-state index >= 15 is 0 Å². The number of rotatable bonds is 6. The van der Waals surface area contributed by atoms with Gasteiger partial charge in [0.2, 0.25) is 0 Å². The van der Waals surface area contributed by atoms with Crippen LogP contribution < -0.4 is 10.5 Å². The van der Waals surface area contributed by atoms with Crippen molar-refractivity contribution in [3.05, 3.63) is 83.9 Å². The Morgan fingerprint density at radius 3 is 2.63 bits per heavy atom. The Morgan fingerprint density at radius 1 is 1.10 bits per heavy atom. The second-order valence-corrected chi connectivity index (χ2v) is 7.38. The minimum absolute atomic E-state index is 0.0264. The van der Waals surface area contributed by atoms with Gasteiger partial charge in [0, 0.05) is 37.1 Å². The van der Waals surface area contributed by atoms with Gasteiger partial charge in [-0.05, 0) is 42.7 Å². The van der Waals surface area contributed by atoms with Crippen LogP contribution in [0.15, 0.2) is 67.3 Å². The largest absolute Gasteiger partial charge is 0.488 e. The van der Waals surface area contributed by atoms with Crippen molar-refractivity contribution in [3.8, 4) is 5.75 Å². The monoisotopic (exact) mass is 404 g/mol. The lowest BCUT2D eigenvalue weighted by molar-refractivity contribution is 0.0694. The number of primary amides is 1. The van der Waals surface area contributed by atoms with Gasteiger partial charge < -0.3 is 19.9 Å². The highest BCUT2D eigenvalue weighted by atomic mass is 16.5. The number of imidazole rings is 1. The van der Waals surface area contributed by atoms with Crippen molar-refractivity contribution < 1.29 is 14.3 Å². The van der Waals surface area contributed by atoms with Crippen LogP contribution in [0.5, 0.6) is 5.75 Å². The normalized spacial score (nSPS) is 14.5. The number of aromatic nitrogens is 2. The number of hydrogen-bond acceptors (Lipinski definition) is 4. The van der Waals surface area contributed by atoms with Crippen molar-refractivity contribution in [3.63, 3.8) is 0 Å². The molecule has 154 valence electrons. The molecule has 0 atom stereocenters. The predicted octanol–water partition coefficient (Wildman–Crippen LogP) is 3.04. The Labute approximate surface area is 175 Å². The molecular weight excluding hydrogens is 380 g/mol. The van der Waals surface area contributed by atoms with Gasteiger partial charge in [-0.1, -0.05) is 24.3 Å². The number of hydrogen-bond donors (Lipinski definition) is 1. The van der Waals surface area contributed by atoms with Crippen LogP contribution >= 0.6 is 0 Å². The molecule has 2 N–H and O–H groups in total. The molecule has 7 heteroatoms. The molecule has 0 spiro atoms. The van der Waals surface area contributed by atoms with Crippen LogP contribution in [-0.2, 0) is 6.61 Å². The fraction of sp³-hybridized carbons (Fsp3) is 0.261. The van der Waals surface area contributed by atoms with E-state index in [1.165, 1.54) is 0 Å². The first-order chi connectivity index (χ1) is 14.6. The van der Waals surface area contributed by atoms with Gasteiger partial charge in [0.05, 0.1) is 11.9 Å². The summed E-state index contributed by atoms with van der Waals surface area (Å²) in [6.45, 7) is 1.68. The van der Waals surface area contributed by atoms with E-state index in [0.29, 0.717) is 36.0 Å². The second-order valence-electron chi connectivity index (χ2n) is 7.38. The molecule has 1 aromatic heterocycles. The molecule has 1 aliphatic rings.